The third-order valence-electron chi connectivity index (χ3n) is 7.99. The number of amides is 1. The lowest BCUT2D eigenvalue weighted by Crippen LogP contribution is -2.33. The normalized spacial score (nSPS) is 20.4. The van der Waals surface area contributed by atoms with Gasteiger partial charge in [-0.05, 0) is 61.8 Å². The number of carbonyl (C=O) groups excluding carboxylic acids is 2. The molecule has 1 aliphatic heterocycles. The first kappa shape index (κ1) is 26.4. The molecule has 2 fully saturated rings. The average Bonchev–Trinajstić information content (AvgIpc) is 3.69. The van der Waals surface area contributed by atoms with E-state index in [1.807, 2.05) is 12.1 Å². The van der Waals surface area contributed by atoms with Gasteiger partial charge in [-0.3, -0.25) is 9.59 Å². The van der Waals surface area contributed by atoms with Crippen molar-refractivity contribution >= 4 is 46.3 Å². The summed E-state index contributed by atoms with van der Waals surface area (Å²) in [5.74, 6) is 0.733. The first-order valence-corrected chi connectivity index (χ1v) is 15.3. The topological polar surface area (TPSA) is 97.0 Å². The maximum Gasteiger partial charge on any atom is 0.261 e. The van der Waals surface area contributed by atoms with Gasteiger partial charge in [0.05, 0.1) is 32.3 Å². The lowest BCUT2D eigenvalue weighted by atomic mass is 9.89. The fraction of sp³-hybridized carbons (Fsp3) is 0.467. The molecule has 196 valence electrons. The van der Waals surface area contributed by atoms with Gasteiger partial charge in [0.2, 0.25) is 0 Å². The molecule has 38 heavy (non-hydrogen) atoms. The summed E-state index contributed by atoms with van der Waals surface area (Å²) in [7, 11) is 0. The van der Waals surface area contributed by atoms with Gasteiger partial charge in [-0.2, -0.15) is 10.5 Å². The van der Waals surface area contributed by atoms with E-state index >= 15 is 0 Å². The molecule has 6 nitrogen and oxygen atoms in total. The predicted octanol–water partition coefficient (Wildman–Crippen LogP) is 6.47. The summed E-state index contributed by atoms with van der Waals surface area (Å²) in [6.07, 6.45) is 12.5. The Balaban J connectivity index is 1.62. The van der Waals surface area contributed by atoms with Crippen LogP contribution in [0.2, 0.25) is 0 Å². The highest BCUT2D eigenvalue weighted by Crippen LogP contribution is 2.42. The van der Waals surface area contributed by atoms with Crippen molar-refractivity contribution in [2.24, 2.45) is 11.8 Å². The standard InChI is InChI=1S/C30H32N4O2S2/c31-15-22-11-13-25(37-22)28(33-17-20-7-3-1-4-8-20)27-24(19-35)29(26-14-12-23(16-32)38-26)34(30(27)36)18-21-9-5-2-6-10-21/h11-14,19-21,33H,1-10,17-18H2/b28-27+. The lowest BCUT2D eigenvalue weighted by Gasteiger charge is -2.28. The minimum absolute atomic E-state index is 0.169. The van der Waals surface area contributed by atoms with Gasteiger partial charge in [0.1, 0.15) is 21.9 Å². The first-order valence-electron chi connectivity index (χ1n) is 13.6. The molecule has 2 aromatic heterocycles. The first-order chi connectivity index (χ1) is 18.6. The molecular weight excluding hydrogens is 512 g/mol. The van der Waals surface area contributed by atoms with Crippen LogP contribution in [-0.4, -0.2) is 30.2 Å². The van der Waals surface area contributed by atoms with Crippen LogP contribution in [0.25, 0.3) is 11.4 Å². The van der Waals surface area contributed by atoms with Gasteiger partial charge in [-0.25, -0.2) is 0 Å². The summed E-state index contributed by atoms with van der Waals surface area (Å²) in [5, 5.41) is 22.5. The van der Waals surface area contributed by atoms with Crippen LogP contribution in [0.4, 0.5) is 0 Å². The number of thiophene rings is 2. The summed E-state index contributed by atoms with van der Waals surface area (Å²) in [6.45, 7) is 1.30. The van der Waals surface area contributed by atoms with Crippen LogP contribution in [0.15, 0.2) is 35.4 Å². The van der Waals surface area contributed by atoms with Crippen molar-refractivity contribution in [3.05, 3.63) is 54.9 Å². The largest absolute Gasteiger partial charge is 0.383 e. The molecule has 8 heteroatoms. The fourth-order valence-corrected chi connectivity index (χ4v) is 7.74. The highest BCUT2D eigenvalue weighted by molar-refractivity contribution is 7.14. The Morgan fingerprint density at radius 3 is 2.16 bits per heavy atom. The molecule has 1 amide bonds. The Kier molecular flexibility index (Phi) is 8.42. The molecule has 2 aromatic rings. The van der Waals surface area contributed by atoms with Crippen LogP contribution < -0.4 is 5.32 Å². The number of nitrogens with one attached hydrogen (secondary N) is 1. The minimum atomic E-state index is -0.169. The smallest absolute Gasteiger partial charge is 0.261 e. The van der Waals surface area contributed by atoms with E-state index in [2.05, 4.69) is 17.5 Å². The second kappa shape index (κ2) is 12.1. The Hall–Kier alpha value is -3.20. The summed E-state index contributed by atoms with van der Waals surface area (Å²) in [5.41, 5.74) is 2.02. The molecule has 1 N–H and O–H groups in total. The minimum Gasteiger partial charge on any atom is -0.383 e. The summed E-state index contributed by atoms with van der Waals surface area (Å²) >= 11 is 2.65. The Morgan fingerprint density at radius 1 is 0.921 bits per heavy atom. The van der Waals surface area contributed by atoms with Gasteiger partial charge < -0.3 is 10.2 Å². The van der Waals surface area contributed by atoms with Crippen LogP contribution in [0.1, 0.15) is 83.7 Å². The molecule has 0 unspecified atom stereocenters. The van der Waals surface area contributed by atoms with Gasteiger partial charge in [-0.1, -0.05) is 38.5 Å². The van der Waals surface area contributed by atoms with E-state index in [1.54, 1.807) is 17.0 Å². The van der Waals surface area contributed by atoms with Crippen LogP contribution in [-0.2, 0) is 9.59 Å². The van der Waals surface area contributed by atoms with Gasteiger partial charge in [0.15, 0.2) is 6.29 Å². The molecule has 3 aliphatic rings. The molecule has 0 spiro atoms. The van der Waals surface area contributed by atoms with Crippen LogP contribution in [0, 0.1) is 34.5 Å². The van der Waals surface area contributed by atoms with E-state index in [-0.39, 0.29) is 5.91 Å². The van der Waals surface area contributed by atoms with Gasteiger partial charge in [0.25, 0.3) is 5.91 Å². The molecule has 3 heterocycles. The highest BCUT2D eigenvalue weighted by atomic mass is 32.1. The maximum absolute atomic E-state index is 14.3. The predicted molar refractivity (Wildman–Crippen MR) is 151 cm³/mol. The average molecular weight is 545 g/mol. The van der Waals surface area contributed by atoms with Crippen LogP contribution >= 0.6 is 22.7 Å². The number of carbonyl (C=O) groups is 2. The Bertz CT molecular complexity index is 1340. The van der Waals surface area contributed by atoms with E-state index < -0.39 is 0 Å². The molecule has 0 atom stereocenters. The zero-order valence-electron chi connectivity index (χ0n) is 21.5. The molecule has 0 radical (unpaired) electrons. The number of hydrogen-bond donors (Lipinski definition) is 1. The van der Waals surface area contributed by atoms with E-state index in [9.17, 15) is 20.1 Å². The van der Waals surface area contributed by atoms with E-state index in [4.69, 9.17) is 0 Å². The number of aldehydes is 1. The SMILES string of the molecule is N#Cc1ccc(C2=C(C=O)/C(=C(\NCC3CCCCC3)c3ccc(C#N)s3)C(=O)N2CC2CCCCC2)s1. The van der Waals surface area contributed by atoms with Crippen molar-refractivity contribution in [2.45, 2.75) is 64.2 Å². The molecule has 0 bridgehead atoms. The van der Waals surface area contributed by atoms with E-state index in [1.165, 1.54) is 48.4 Å². The van der Waals surface area contributed by atoms with Crippen molar-refractivity contribution in [2.75, 3.05) is 13.1 Å². The summed E-state index contributed by atoms with van der Waals surface area (Å²) in [4.78, 5) is 31.5. The van der Waals surface area contributed by atoms with E-state index in [0.29, 0.717) is 50.7 Å². The van der Waals surface area contributed by atoms with E-state index in [0.717, 1.165) is 61.1 Å². The van der Waals surface area contributed by atoms with Gasteiger partial charge in [0, 0.05) is 13.1 Å². The number of hydrogen-bond acceptors (Lipinski definition) is 7. The Morgan fingerprint density at radius 2 is 1.55 bits per heavy atom. The summed E-state index contributed by atoms with van der Waals surface area (Å²) in [6, 6.07) is 11.6. The van der Waals surface area contributed by atoms with Crippen molar-refractivity contribution < 1.29 is 9.59 Å². The third kappa shape index (κ3) is 5.48. The number of rotatable bonds is 8. The van der Waals surface area contributed by atoms with Crippen molar-refractivity contribution in [1.82, 2.24) is 10.2 Å². The number of nitriles is 2. The van der Waals surface area contributed by atoms with Crippen LogP contribution in [0.5, 0.6) is 0 Å². The zero-order chi connectivity index (χ0) is 26.5. The third-order valence-corrected chi connectivity index (χ3v) is 10.00. The number of nitrogens with zero attached hydrogens (tertiary/aromatic N) is 3. The Labute approximate surface area is 232 Å². The molecule has 0 saturated heterocycles. The molecule has 2 aliphatic carbocycles. The fourth-order valence-electron chi connectivity index (χ4n) is 6.03. The highest BCUT2D eigenvalue weighted by Gasteiger charge is 2.40. The van der Waals surface area contributed by atoms with Crippen LogP contribution in [0.3, 0.4) is 0 Å². The van der Waals surface area contributed by atoms with Gasteiger partial charge >= 0.3 is 0 Å². The lowest BCUT2D eigenvalue weighted by molar-refractivity contribution is -0.123. The second-order valence-electron chi connectivity index (χ2n) is 10.5. The maximum atomic E-state index is 14.3. The monoisotopic (exact) mass is 544 g/mol. The van der Waals surface area contributed by atoms with Crippen molar-refractivity contribution in [1.29, 1.82) is 10.5 Å². The van der Waals surface area contributed by atoms with Crippen molar-refractivity contribution in [3.63, 3.8) is 0 Å². The molecule has 5 rings (SSSR count). The molecular formula is C30H32N4O2S2. The summed E-state index contributed by atoms with van der Waals surface area (Å²) < 4.78 is 0. The van der Waals surface area contributed by atoms with Gasteiger partial charge in [-0.15, -0.1) is 22.7 Å². The van der Waals surface area contributed by atoms with Crippen molar-refractivity contribution in [3.8, 4) is 12.1 Å². The second-order valence-corrected chi connectivity index (χ2v) is 12.7. The zero-order valence-corrected chi connectivity index (χ0v) is 23.1. The molecule has 2 saturated carbocycles. The molecule has 0 aromatic carbocycles. The quantitative estimate of drug-likeness (QED) is 0.304.